The molecule has 1 aliphatic heterocycles. The number of hydrogen-bond donors (Lipinski definition) is 2. The lowest BCUT2D eigenvalue weighted by molar-refractivity contribution is 0.0341. The van der Waals surface area contributed by atoms with Gasteiger partial charge in [0.2, 0.25) is 0 Å². The van der Waals surface area contributed by atoms with Crippen molar-refractivity contribution < 1.29 is 14.8 Å². The number of ether oxygens (including phenoxy) is 1. The maximum absolute atomic E-state index is 9.17. The lowest BCUT2D eigenvalue weighted by atomic mass is 9.79. The fraction of sp³-hybridized carbons (Fsp3) is 0.500. The van der Waals surface area contributed by atoms with E-state index in [2.05, 4.69) is 4.90 Å². The molecule has 0 spiro atoms. The van der Waals surface area contributed by atoms with Crippen molar-refractivity contribution in [2.75, 3.05) is 26.3 Å². The Hall–Kier alpha value is -0.875. The van der Waals surface area contributed by atoms with Crippen LogP contribution >= 0.6 is 0 Å². The van der Waals surface area contributed by atoms with E-state index in [0.717, 1.165) is 38.4 Å². The molecule has 1 aromatic rings. The van der Waals surface area contributed by atoms with E-state index in [9.17, 15) is 0 Å². The van der Waals surface area contributed by atoms with Crippen LogP contribution in [0.4, 0.5) is 0 Å². The quantitative estimate of drug-likeness (QED) is 0.694. The summed E-state index contributed by atoms with van der Waals surface area (Å²) in [4.78, 5) is 2.32. The number of nitrogens with zero attached hydrogens (tertiary/aromatic N) is 1. The molecule has 0 bridgehead atoms. The maximum atomic E-state index is 9.17. The Balaban J connectivity index is 2.10. The standard InChI is InChI=1S/C12H18BNO3/c1-10-2-3-12(13(15)16)8-11(10)9-14-4-6-17-7-5-14/h2-3,8,15-16H,4-7,9H2,1H3. The molecule has 0 aliphatic carbocycles. The minimum atomic E-state index is -1.39. The van der Waals surface area contributed by atoms with Crippen LogP contribution in [0.25, 0.3) is 0 Å². The third-order valence-electron chi connectivity index (χ3n) is 3.17. The zero-order chi connectivity index (χ0) is 12.3. The molecule has 17 heavy (non-hydrogen) atoms. The Morgan fingerprint density at radius 3 is 2.65 bits per heavy atom. The van der Waals surface area contributed by atoms with Gasteiger partial charge >= 0.3 is 7.12 Å². The molecule has 92 valence electrons. The number of morpholine rings is 1. The van der Waals surface area contributed by atoms with Gasteiger partial charge in [0, 0.05) is 19.6 Å². The summed E-state index contributed by atoms with van der Waals surface area (Å²) in [5.74, 6) is 0. The third-order valence-corrected chi connectivity index (χ3v) is 3.17. The van der Waals surface area contributed by atoms with Crippen LogP contribution in [0.5, 0.6) is 0 Å². The normalized spacial score (nSPS) is 17.1. The van der Waals surface area contributed by atoms with Crippen molar-refractivity contribution in [2.24, 2.45) is 0 Å². The molecule has 2 rings (SSSR count). The van der Waals surface area contributed by atoms with Gasteiger partial charge in [-0.2, -0.15) is 0 Å². The summed E-state index contributed by atoms with van der Waals surface area (Å²) in [5.41, 5.74) is 2.89. The van der Waals surface area contributed by atoms with E-state index in [1.165, 1.54) is 5.56 Å². The van der Waals surface area contributed by atoms with Gasteiger partial charge in [-0.1, -0.05) is 18.2 Å². The SMILES string of the molecule is Cc1ccc(B(O)O)cc1CN1CCOCC1. The van der Waals surface area contributed by atoms with Crippen molar-refractivity contribution in [3.05, 3.63) is 29.3 Å². The molecule has 1 saturated heterocycles. The molecule has 4 nitrogen and oxygen atoms in total. The maximum Gasteiger partial charge on any atom is 0.488 e. The highest BCUT2D eigenvalue weighted by atomic mass is 16.5. The summed E-state index contributed by atoms with van der Waals surface area (Å²) in [5, 5.41) is 18.3. The molecule has 0 atom stereocenters. The van der Waals surface area contributed by atoms with E-state index < -0.39 is 7.12 Å². The molecule has 0 amide bonds. The zero-order valence-electron chi connectivity index (χ0n) is 10.1. The first kappa shape index (κ1) is 12.6. The highest BCUT2D eigenvalue weighted by Gasteiger charge is 2.15. The van der Waals surface area contributed by atoms with E-state index >= 15 is 0 Å². The van der Waals surface area contributed by atoms with E-state index in [-0.39, 0.29) is 0 Å². The summed E-state index contributed by atoms with van der Waals surface area (Å²) in [6.45, 7) is 6.32. The zero-order valence-corrected chi connectivity index (χ0v) is 10.1. The predicted molar refractivity (Wildman–Crippen MR) is 67.1 cm³/mol. The van der Waals surface area contributed by atoms with Gasteiger partial charge in [-0.3, -0.25) is 4.90 Å². The predicted octanol–water partition coefficient (Wildman–Crippen LogP) is -0.493. The summed E-state index contributed by atoms with van der Waals surface area (Å²) in [6, 6.07) is 5.56. The summed E-state index contributed by atoms with van der Waals surface area (Å²) < 4.78 is 5.31. The van der Waals surface area contributed by atoms with Gasteiger partial charge < -0.3 is 14.8 Å². The Bertz CT molecular complexity index is 378. The Kier molecular flexibility index (Phi) is 4.18. The minimum Gasteiger partial charge on any atom is -0.423 e. The molecule has 2 N–H and O–H groups in total. The molecule has 0 radical (unpaired) electrons. The van der Waals surface area contributed by atoms with Gasteiger partial charge in [0.1, 0.15) is 0 Å². The van der Waals surface area contributed by atoms with Crippen molar-refractivity contribution in [3.8, 4) is 0 Å². The third kappa shape index (κ3) is 3.29. The fourth-order valence-corrected chi connectivity index (χ4v) is 2.02. The lowest BCUT2D eigenvalue weighted by Gasteiger charge is -2.27. The van der Waals surface area contributed by atoms with Crippen LogP contribution in [-0.4, -0.2) is 48.4 Å². The molecular weight excluding hydrogens is 217 g/mol. The molecular formula is C12H18BNO3. The van der Waals surface area contributed by atoms with Crippen LogP contribution in [0.2, 0.25) is 0 Å². The van der Waals surface area contributed by atoms with Crippen molar-refractivity contribution in [2.45, 2.75) is 13.5 Å². The van der Waals surface area contributed by atoms with E-state index in [4.69, 9.17) is 14.8 Å². The van der Waals surface area contributed by atoms with Crippen LogP contribution < -0.4 is 5.46 Å². The second-order valence-electron chi connectivity index (χ2n) is 4.45. The van der Waals surface area contributed by atoms with Crippen LogP contribution in [0, 0.1) is 6.92 Å². The first-order valence-corrected chi connectivity index (χ1v) is 5.92. The van der Waals surface area contributed by atoms with Gasteiger partial charge in [-0.15, -0.1) is 0 Å². The van der Waals surface area contributed by atoms with Crippen molar-refractivity contribution in [3.63, 3.8) is 0 Å². The highest BCUT2D eigenvalue weighted by molar-refractivity contribution is 6.58. The number of hydrogen-bond acceptors (Lipinski definition) is 4. The van der Waals surface area contributed by atoms with Crippen LogP contribution in [0.3, 0.4) is 0 Å². The average molecular weight is 235 g/mol. The van der Waals surface area contributed by atoms with Crippen LogP contribution in [0.15, 0.2) is 18.2 Å². The summed E-state index contributed by atoms with van der Waals surface area (Å²) in [7, 11) is -1.39. The molecule has 0 saturated carbocycles. The monoisotopic (exact) mass is 235 g/mol. The van der Waals surface area contributed by atoms with E-state index in [1.54, 1.807) is 6.07 Å². The molecule has 1 heterocycles. The summed E-state index contributed by atoms with van der Waals surface area (Å²) in [6.07, 6.45) is 0. The highest BCUT2D eigenvalue weighted by Crippen LogP contribution is 2.11. The van der Waals surface area contributed by atoms with Gasteiger partial charge in [-0.25, -0.2) is 0 Å². The first-order chi connectivity index (χ1) is 8.16. The average Bonchev–Trinajstić information content (AvgIpc) is 2.33. The van der Waals surface area contributed by atoms with Crippen molar-refractivity contribution >= 4 is 12.6 Å². The smallest absolute Gasteiger partial charge is 0.423 e. The second kappa shape index (κ2) is 5.64. The molecule has 1 fully saturated rings. The second-order valence-corrected chi connectivity index (χ2v) is 4.45. The molecule has 1 aliphatic rings. The van der Waals surface area contributed by atoms with E-state index in [0.29, 0.717) is 5.46 Å². The van der Waals surface area contributed by atoms with Crippen LogP contribution in [0.1, 0.15) is 11.1 Å². The van der Waals surface area contributed by atoms with Crippen molar-refractivity contribution in [1.29, 1.82) is 0 Å². The van der Waals surface area contributed by atoms with E-state index in [1.807, 2.05) is 19.1 Å². The lowest BCUT2D eigenvalue weighted by Crippen LogP contribution is -2.36. The topological polar surface area (TPSA) is 52.9 Å². The van der Waals surface area contributed by atoms with Crippen molar-refractivity contribution in [1.82, 2.24) is 4.90 Å². The molecule has 0 aromatic heterocycles. The van der Waals surface area contributed by atoms with Gasteiger partial charge in [-0.05, 0) is 23.5 Å². The summed E-state index contributed by atoms with van der Waals surface area (Å²) >= 11 is 0. The van der Waals surface area contributed by atoms with Gasteiger partial charge in [0.15, 0.2) is 0 Å². The minimum absolute atomic E-state index is 0.554. The Morgan fingerprint density at radius 1 is 1.29 bits per heavy atom. The van der Waals surface area contributed by atoms with Gasteiger partial charge in [0.05, 0.1) is 13.2 Å². The van der Waals surface area contributed by atoms with Crippen LogP contribution in [-0.2, 0) is 11.3 Å². The number of rotatable bonds is 3. The Labute approximate surface area is 102 Å². The largest absolute Gasteiger partial charge is 0.488 e. The number of aryl methyl sites for hydroxylation is 1. The first-order valence-electron chi connectivity index (χ1n) is 5.92. The molecule has 1 aromatic carbocycles. The van der Waals surface area contributed by atoms with Gasteiger partial charge in [0.25, 0.3) is 0 Å². The Morgan fingerprint density at radius 2 is 2.00 bits per heavy atom. The molecule has 5 heteroatoms. The number of benzene rings is 1. The molecule has 0 unspecified atom stereocenters. The fourth-order valence-electron chi connectivity index (χ4n) is 2.02.